The Labute approximate surface area is 122 Å². The molecule has 0 radical (unpaired) electrons. The van der Waals surface area contributed by atoms with E-state index in [1.54, 1.807) is 0 Å². The highest BCUT2D eigenvalue weighted by Gasteiger charge is 2.21. The van der Waals surface area contributed by atoms with E-state index < -0.39 is 0 Å². The van der Waals surface area contributed by atoms with Crippen LogP contribution in [0.1, 0.15) is 33.1 Å². The first-order valence-electron chi connectivity index (χ1n) is 7.78. The normalized spacial score (nSPS) is 18.9. The Morgan fingerprint density at radius 2 is 2.10 bits per heavy atom. The second kappa shape index (κ2) is 7.32. The molecule has 3 nitrogen and oxygen atoms in total. The van der Waals surface area contributed by atoms with Gasteiger partial charge in [-0.15, -0.1) is 0 Å². The minimum Gasteiger partial charge on any atom is -0.371 e. The fraction of sp³-hybridized carbons (Fsp3) is 0.588. The third-order valence-corrected chi connectivity index (χ3v) is 4.11. The fourth-order valence-electron chi connectivity index (χ4n) is 2.91. The molecule has 20 heavy (non-hydrogen) atoms. The van der Waals surface area contributed by atoms with Crippen LogP contribution in [-0.2, 0) is 4.79 Å². The van der Waals surface area contributed by atoms with Gasteiger partial charge < -0.3 is 9.80 Å². The molecular formula is C17H26N2O. The molecule has 1 aromatic carbocycles. The van der Waals surface area contributed by atoms with Crippen molar-refractivity contribution in [2.45, 2.75) is 33.1 Å². The van der Waals surface area contributed by atoms with E-state index in [4.69, 9.17) is 0 Å². The number of benzene rings is 1. The zero-order valence-electron chi connectivity index (χ0n) is 12.7. The summed E-state index contributed by atoms with van der Waals surface area (Å²) in [7, 11) is 0. The third-order valence-electron chi connectivity index (χ3n) is 4.11. The average molecular weight is 274 g/mol. The van der Waals surface area contributed by atoms with E-state index >= 15 is 0 Å². The molecule has 1 heterocycles. The van der Waals surface area contributed by atoms with E-state index in [-0.39, 0.29) is 0 Å². The minimum atomic E-state index is 0.311. The topological polar surface area (TPSA) is 23.6 Å². The lowest BCUT2D eigenvalue weighted by atomic mass is 10.00. The number of hydrogen-bond donors (Lipinski definition) is 0. The van der Waals surface area contributed by atoms with Crippen molar-refractivity contribution in [2.75, 3.05) is 31.1 Å². The first kappa shape index (κ1) is 14.9. The summed E-state index contributed by atoms with van der Waals surface area (Å²) in [6.45, 7) is 8.01. The predicted octanol–water partition coefficient (Wildman–Crippen LogP) is 3.16. The van der Waals surface area contributed by atoms with Gasteiger partial charge in [-0.3, -0.25) is 4.79 Å². The minimum absolute atomic E-state index is 0.311. The van der Waals surface area contributed by atoms with Crippen molar-refractivity contribution < 1.29 is 4.79 Å². The molecule has 1 fully saturated rings. The van der Waals surface area contributed by atoms with Crippen molar-refractivity contribution in [2.24, 2.45) is 5.92 Å². The number of para-hydroxylation sites is 1. The standard InChI is InChI=1S/C17H26N2O/c1-3-18(16-9-5-4-6-10-16)13-11-17(20)19-12-7-8-15(2)14-19/h4-6,9-10,15H,3,7-8,11-14H2,1-2H3. The Morgan fingerprint density at radius 3 is 2.75 bits per heavy atom. The molecule has 1 aliphatic heterocycles. The van der Waals surface area contributed by atoms with Gasteiger partial charge in [0.25, 0.3) is 0 Å². The predicted molar refractivity (Wildman–Crippen MR) is 83.9 cm³/mol. The highest BCUT2D eigenvalue weighted by atomic mass is 16.2. The molecule has 1 amide bonds. The summed E-state index contributed by atoms with van der Waals surface area (Å²) in [5.41, 5.74) is 1.20. The molecule has 0 aromatic heterocycles. The van der Waals surface area contributed by atoms with Gasteiger partial charge in [0.15, 0.2) is 0 Å². The van der Waals surface area contributed by atoms with Gasteiger partial charge in [-0.25, -0.2) is 0 Å². The monoisotopic (exact) mass is 274 g/mol. The molecule has 2 rings (SSSR count). The van der Waals surface area contributed by atoms with Gasteiger partial charge in [0.2, 0.25) is 5.91 Å². The molecule has 1 saturated heterocycles. The summed E-state index contributed by atoms with van der Waals surface area (Å²) in [6.07, 6.45) is 3.04. The van der Waals surface area contributed by atoms with E-state index in [2.05, 4.69) is 30.9 Å². The van der Waals surface area contributed by atoms with Gasteiger partial charge in [-0.1, -0.05) is 25.1 Å². The van der Waals surface area contributed by atoms with Crippen LogP contribution in [0, 0.1) is 5.92 Å². The van der Waals surface area contributed by atoms with Gasteiger partial charge in [-0.05, 0) is 37.8 Å². The molecular weight excluding hydrogens is 248 g/mol. The Morgan fingerprint density at radius 1 is 1.35 bits per heavy atom. The fourth-order valence-corrected chi connectivity index (χ4v) is 2.91. The van der Waals surface area contributed by atoms with E-state index in [0.29, 0.717) is 18.2 Å². The largest absolute Gasteiger partial charge is 0.371 e. The van der Waals surface area contributed by atoms with Crippen LogP contribution in [0.25, 0.3) is 0 Å². The van der Waals surface area contributed by atoms with Crippen molar-refractivity contribution in [1.29, 1.82) is 0 Å². The van der Waals surface area contributed by atoms with Crippen LogP contribution < -0.4 is 4.90 Å². The summed E-state index contributed by atoms with van der Waals surface area (Å²) >= 11 is 0. The summed E-state index contributed by atoms with van der Waals surface area (Å²) < 4.78 is 0. The quantitative estimate of drug-likeness (QED) is 0.823. The van der Waals surface area contributed by atoms with E-state index in [1.807, 2.05) is 23.1 Å². The molecule has 3 heteroatoms. The van der Waals surface area contributed by atoms with Gasteiger partial charge in [0.1, 0.15) is 0 Å². The zero-order chi connectivity index (χ0) is 14.4. The number of carbonyl (C=O) groups excluding carboxylic acids is 1. The van der Waals surface area contributed by atoms with E-state index in [0.717, 1.165) is 32.6 Å². The highest BCUT2D eigenvalue weighted by molar-refractivity contribution is 5.77. The molecule has 1 atom stereocenters. The van der Waals surface area contributed by atoms with Crippen LogP contribution in [0.2, 0.25) is 0 Å². The second-order valence-electron chi connectivity index (χ2n) is 5.75. The van der Waals surface area contributed by atoms with Gasteiger partial charge in [0, 0.05) is 38.3 Å². The van der Waals surface area contributed by atoms with Crippen LogP contribution in [0.5, 0.6) is 0 Å². The lowest BCUT2D eigenvalue weighted by molar-refractivity contribution is -0.132. The average Bonchev–Trinajstić information content (AvgIpc) is 2.49. The molecule has 0 bridgehead atoms. The number of carbonyl (C=O) groups is 1. The SMILES string of the molecule is CCN(CCC(=O)N1CCCC(C)C1)c1ccccc1. The van der Waals surface area contributed by atoms with E-state index in [1.165, 1.54) is 12.1 Å². The van der Waals surface area contributed by atoms with E-state index in [9.17, 15) is 4.79 Å². The number of nitrogens with zero attached hydrogens (tertiary/aromatic N) is 2. The zero-order valence-corrected chi connectivity index (χ0v) is 12.7. The lowest BCUT2D eigenvalue weighted by Crippen LogP contribution is -2.40. The van der Waals surface area contributed by atoms with Crippen molar-refractivity contribution in [3.8, 4) is 0 Å². The molecule has 1 aliphatic rings. The smallest absolute Gasteiger partial charge is 0.224 e. The van der Waals surface area contributed by atoms with Gasteiger partial charge in [-0.2, -0.15) is 0 Å². The molecule has 0 saturated carbocycles. The van der Waals surface area contributed by atoms with Crippen LogP contribution in [0.3, 0.4) is 0 Å². The second-order valence-corrected chi connectivity index (χ2v) is 5.75. The number of piperidine rings is 1. The number of hydrogen-bond acceptors (Lipinski definition) is 2. The van der Waals surface area contributed by atoms with Crippen molar-refractivity contribution in [1.82, 2.24) is 4.90 Å². The summed E-state index contributed by atoms with van der Waals surface area (Å²) in [5, 5.41) is 0. The molecule has 1 aromatic rings. The first-order valence-corrected chi connectivity index (χ1v) is 7.78. The summed E-state index contributed by atoms with van der Waals surface area (Å²) in [6, 6.07) is 10.3. The molecule has 0 aliphatic carbocycles. The molecule has 0 spiro atoms. The van der Waals surface area contributed by atoms with Gasteiger partial charge in [0.05, 0.1) is 0 Å². The Hall–Kier alpha value is -1.51. The maximum atomic E-state index is 12.3. The molecule has 1 unspecified atom stereocenters. The maximum absolute atomic E-state index is 12.3. The summed E-state index contributed by atoms with van der Waals surface area (Å²) in [4.78, 5) is 16.6. The Kier molecular flexibility index (Phi) is 5.45. The maximum Gasteiger partial charge on any atom is 0.224 e. The Bertz CT molecular complexity index is 418. The van der Waals surface area contributed by atoms with Crippen LogP contribution >= 0.6 is 0 Å². The summed E-state index contributed by atoms with van der Waals surface area (Å²) in [5.74, 6) is 0.968. The van der Waals surface area contributed by atoms with Crippen molar-refractivity contribution >= 4 is 11.6 Å². The van der Waals surface area contributed by atoms with Gasteiger partial charge >= 0.3 is 0 Å². The van der Waals surface area contributed by atoms with Crippen molar-refractivity contribution in [3.63, 3.8) is 0 Å². The van der Waals surface area contributed by atoms with Crippen LogP contribution in [0.15, 0.2) is 30.3 Å². The number of likely N-dealkylation sites (tertiary alicyclic amines) is 1. The van der Waals surface area contributed by atoms with Crippen LogP contribution in [-0.4, -0.2) is 37.0 Å². The third kappa shape index (κ3) is 3.99. The number of amides is 1. The number of rotatable bonds is 5. The lowest BCUT2D eigenvalue weighted by Gasteiger charge is -2.32. The Balaban J connectivity index is 1.85. The first-order chi connectivity index (χ1) is 9.70. The van der Waals surface area contributed by atoms with Crippen molar-refractivity contribution in [3.05, 3.63) is 30.3 Å². The molecule has 110 valence electrons. The van der Waals surface area contributed by atoms with Crippen LogP contribution in [0.4, 0.5) is 5.69 Å². The number of anilines is 1. The highest BCUT2D eigenvalue weighted by Crippen LogP contribution is 2.17. The molecule has 0 N–H and O–H groups in total.